The molecule has 1 amide bonds. The highest BCUT2D eigenvalue weighted by Gasteiger charge is 2.26. The minimum absolute atomic E-state index is 0.0354. The van der Waals surface area contributed by atoms with E-state index in [4.69, 9.17) is 0 Å². The fourth-order valence-electron chi connectivity index (χ4n) is 2.06. The number of halogens is 1. The maximum absolute atomic E-state index is 12.1. The molecule has 0 saturated carbocycles. The zero-order chi connectivity index (χ0) is 12.5. The molecule has 90 valence electrons. The van der Waals surface area contributed by atoms with Crippen LogP contribution in [-0.2, 0) is 4.79 Å². The van der Waals surface area contributed by atoms with Crippen LogP contribution >= 0.6 is 15.9 Å². The number of nitrogens with one attached hydrogen (secondary N) is 2. The number of rotatable bonds is 1. The normalized spacial score (nSPS) is 17.6. The first kappa shape index (κ1) is 11.3. The molecule has 0 aliphatic carbocycles. The van der Waals surface area contributed by atoms with E-state index in [9.17, 15) is 4.79 Å². The summed E-state index contributed by atoms with van der Waals surface area (Å²) in [6.07, 6.45) is 0. The average Bonchev–Trinajstić information content (AvgIpc) is 2.38. The van der Waals surface area contributed by atoms with Gasteiger partial charge >= 0.3 is 0 Å². The zero-order valence-electron chi connectivity index (χ0n) is 9.48. The molecule has 0 fully saturated rings. The molecular weight excluding hydrogens is 292 g/mol. The van der Waals surface area contributed by atoms with Crippen LogP contribution in [0.2, 0.25) is 0 Å². The lowest BCUT2D eigenvalue weighted by Gasteiger charge is -2.27. The van der Waals surface area contributed by atoms with E-state index in [2.05, 4.69) is 26.6 Å². The Hall–Kier alpha value is -1.81. The van der Waals surface area contributed by atoms with Gasteiger partial charge in [-0.1, -0.05) is 40.2 Å². The fraction of sp³-hybridized carbons (Fsp3) is 0.0714. The number of para-hydroxylation sites is 2. The van der Waals surface area contributed by atoms with E-state index in [1.165, 1.54) is 0 Å². The molecule has 1 heterocycles. The molecule has 2 N–H and O–H groups in total. The van der Waals surface area contributed by atoms with Crippen LogP contribution in [0.4, 0.5) is 11.4 Å². The van der Waals surface area contributed by atoms with E-state index >= 15 is 0 Å². The van der Waals surface area contributed by atoms with Gasteiger partial charge in [0, 0.05) is 4.47 Å². The first-order valence-electron chi connectivity index (χ1n) is 5.66. The number of carbonyl (C=O) groups excluding carboxylic acids is 1. The van der Waals surface area contributed by atoms with Crippen molar-refractivity contribution in [3.63, 3.8) is 0 Å². The molecule has 1 aliphatic heterocycles. The highest BCUT2D eigenvalue weighted by molar-refractivity contribution is 9.10. The molecule has 0 aromatic heterocycles. The van der Waals surface area contributed by atoms with Gasteiger partial charge in [0.25, 0.3) is 5.91 Å². The van der Waals surface area contributed by atoms with Gasteiger partial charge in [0.2, 0.25) is 0 Å². The van der Waals surface area contributed by atoms with E-state index in [1.54, 1.807) is 0 Å². The molecule has 0 unspecified atom stereocenters. The molecule has 4 heteroatoms. The summed E-state index contributed by atoms with van der Waals surface area (Å²) in [4.78, 5) is 12.1. The summed E-state index contributed by atoms with van der Waals surface area (Å²) >= 11 is 3.42. The molecule has 1 aliphatic rings. The predicted molar refractivity (Wildman–Crippen MR) is 75.6 cm³/mol. The van der Waals surface area contributed by atoms with Crippen LogP contribution in [0.15, 0.2) is 53.0 Å². The minimum atomic E-state index is -0.350. The van der Waals surface area contributed by atoms with Crippen molar-refractivity contribution < 1.29 is 4.79 Å². The molecule has 0 radical (unpaired) electrons. The lowest BCUT2D eigenvalue weighted by atomic mass is 10.0. The Balaban J connectivity index is 1.98. The van der Waals surface area contributed by atoms with Gasteiger partial charge in [-0.25, -0.2) is 0 Å². The molecule has 3 nitrogen and oxygen atoms in total. The summed E-state index contributed by atoms with van der Waals surface area (Å²) in [5.74, 6) is -0.0354. The van der Waals surface area contributed by atoms with Crippen LogP contribution in [0.5, 0.6) is 0 Å². The Morgan fingerprint density at radius 1 is 1.00 bits per heavy atom. The number of hydrogen-bond donors (Lipinski definition) is 2. The number of anilines is 2. The molecule has 18 heavy (non-hydrogen) atoms. The average molecular weight is 303 g/mol. The van der Waals surface area contributed by atoms with E-state index in [0.29, 0.717) is 0 Å². The second-order valence-electron chi connectivity index (χ2n) is 4.17. The van der Waals surface area contributed by atoms with Gasteiger partial charge in [0.15, 0.2) is 0 Å². The van der Waals surface area contributed by atoms with Gasteiger partial charge in [0.1, 0.15) is 6.04 Å². The molecule has 0 saturated heterocycles. The van der Waals surface area contributed by atoms with Crippen LogP contribution in [0.1, 0.15) is 11.6 Å². The first-order chi connectivity index (χ1) is 8.74. The minimum Gasteiger partial charge on any atom is -0.368 e. The summed E-state index contributed by atoms with van der Waals surface area (Å²) in [5, 5.41) is 6.17. The van der Waals surface area contributed by atoms with Crippen molar-refractivity contribution in [2.45, 2.75) is 6.04 Å². The largest absolute Gasteiger partial charge is 0.368 e. The van der Waals surface area contributed by atoms with E-state index in [-0.39, 0.29) is 11.9 Å². The molecule has 0 spiro atoms. The summed E-state index contributed by atoms with van der Waals surface area (Å²) in [6, 6.07) is 15.1. The topological polar surface area (TPSA) is 41.1 Å². The predicted octanol–water partition coefficient (Wildman–Crippen LogP) is 3.55. The monoisotopic (exact) mass is 302 g/mol. The smallest absolute Gasteiger partial charge is 0.251 e. The lowest BCUT2D eigenvalue weighted by Crippen LogP contribution is -2.31. The molecule has 3 rings (SSSR count). The highest BCUT2D eigenvalue weighted by Crippen LogP contribution is 2.32. The molecular formula is C14H11BrN2O. The molecule has 2 aromatic carbocycles. The van der Waals surface area contributed by atoms with Crippen LogP contribution in [0.25, 0.3) is 0 Å². The van der Waals surface area contributed by atoms with Crippen molar-refractivity contribution in [2.24, 2.45) is 0 Å². The summed E-state index contributed by atoms with van der Waals surface area (Å²) in [7, 11) is 0. The van der Waals surface area contributed by atoms with Gasteiger partial charge < -0.3 is 10.6 Å². The van der Waals surface area contributed by atoms with Gasteiger partial charge in [-0.05, 0) is 29.8 Å². The Labute approximate surface area is 113 Å². The number of amides is 1. The first-order valence-corrected chi connectivity index (χ1v) is 6.45. The Morgan fingerprint density at radius 3 is 2.56 bits per heavy atom. The highest BCUT2D eigenvalue weighted by atomic mass is 79.9. The Kier molecular flexibility index (Phi) is 2.80. The third kappa shape index (κ3) is 1.99. The van der Waals surface area contributed by atoms with Gasteiger partial charge in [-0.2, -0.15) is 0 Å². The second-order valence-corrected chi connectivity index (χ2v) is 5.08. The van der Waals surface area contributed by atoms with E-state index < -0.39 is 0 Å². The molecule has 1 atom stereocenters. The third-order valence-electron chi connectivity index (χ3n) is 2.93. The standard InChI is InChI=1S/C14H11BrN2O/c15-10-5-3-4-9(8-10)13-14(18)17-12-7-2-1-6-11(12)16-13/h1-8,13,16H,(H,17,18)/t13-/m0/s1. The number of carbonyl (C=O) groups is 1. The van der Waals surface area contributed by atoms with Crippen molar-refractivity contribution in [3.8, 4) is 0 Å². The van der Waals surface area contributed by atoms with Gasteiger partial charge in [-0.15, -0.1) is 0 Å². The van der Waals surface area contributed by atoms with Crippen LogP contribution < -0.4 is 10.6 Å². The summed E-state index contributed by atoms with van der Waals surface area (Å²) < 4.78 is 0.966. The zero-order valence-corrected chi connectivity index (χ0v) is 11.1. The van der Waals surface area contributed by atoms with Crippen molar-refractivity contribution in [2.75, 3.05) is 10.6 Å². The maximum atomic E-state index is 12.1. The number of fused-ring (bicyclic) bond motifs is 1. The fourth-order valence-corrected chi connectivity index (χ4v) is 2.48. The summed E-state index contributed by atoms with van der Waals surface area (Å²) in [6.45, 7) is 0. The van der Waals surface area contributed by atoms with Crippen LogP contribution in [-0.4, -0.2) is 5.91 Å². The lowest BCUT2D eigenvalue weighted by molar-refractivity contribution is -0.117. The maximum Gasteiger partial charge on any atom is 0.251 e. The SMILES string of the molecule is O=C1Nc2ccccc2N[C@H]1c1cccc(Br)c1. The van der Waals surface area contributed by atoms with E-state index in [0.717, 1.165) is 21.4 Å². The Morgan fingerprint density at radius 2 is 1.78 bits per heavy atom. The quantitative estimate of drug-likeness (QED) is 0.846. The second kappa shape index (κ2) is 4.46. The summed E-state index contributed by atoms with van der Waals surface area (Å²) in [5.41, 5.74) is 2.72. The number of benzene rings is 2. The number of hydrogen-bond acceptors (Lipinski definition) is 2. The van der Waals surface area contributed by atoms with Crippen LogP contribution in [0, 0.1) is 0 Å². The van der Waals surface area contributed by atoms with Gasteiger partial charge in [-0.3, -0.25) is 4.79 Å². The van der Waals surface area contributed by atoms with Gasteiger partial charge in [0.05, 0.1) is 11.4 Å². The van der Waals surface area contributed by atoms with Crippen molar-refractivity contribution in [1.29, 1.82) is 0 Å². The molecule has 0 bridgehead atoms. The van der Waals surface area contributed by atoms with Crippen molar-refractivity contribution >= 4 is 33.2 Å². The molecule has 2 aromatic rings. The third-order valence-corrected chi connectivity index (χ3v) is 3.42. The van der Waals surface area contributed by atoms with Crippen LogP contribution in [0.3, 0.4) is 0 Å². The van der Waals surface area contributed by atoms with Crippen molar-refractivity contribution in [3.05, 3.63) is 58.6 Å². The van der Waals surface area contributed by atoms with Crippen molar-refractivity contribution in [1.82, 2.24) is 0 Å². The Bertz CT molecular complexity index is 612. The van der Waals surface area contributed by atoms with E-state index in [1.807, 2.05) is 48.5 Å².